The van der Waals surface area contributed by atoms with Crippen LogP contribution in [0.1, 0.15) is 33.0 Å². The van der Waals surface area contributed by atoms with Gasteiger partial charge in [-0.1, -0.05) is 11.6 Å². The minimum absolute atomic E-state index is 0.118. The summed E-state index contributed by atoms with van der Waals surface area (Å²) in [5, 5.41) is 11.7. The number of fused-ring (bicyclic) bond motifs is 2. The number of hydrogen-bond acceptors (Lipinski definition) is 8. The number of thiophene rings is 1. The molecule has 0 saturated carbocycles. The van der Waals surface area contributed by atoms with E-state index in [9.17, 15) is 23.1 Å². The highest BCUT2D eigenvalue weighted by Crippen LogP contribution is 2.41. The lowest BCUT2D eigenvalue weighted by Gasteiger charge is -2.35. The molecule has 1 N–H and O–H groups in total. The predicted octanol–water partition coefficient (Wildman–Crippen LogP) is 7.27. The largest absolute Gasteiger partial charge is 0.493 e. The Balaban J connectivity index is 1.30. The summed E-state index contributed by atoms with van der Waals surface area (Å²) in [5.41, 5.74) is 3.77. The molecule has 1 saturated heterocycles. The Morgan fingerprint density at radius 1 is 1.02 bits per heavy atom. The fourth-order valence-electron chi connectivity index (χ4n) is 5.57. The van der Waals surface area contributed by atoms with E-state index < -0.39 is 17.7 Å². The van der Waals surface area contributed by atoms with Crippen molar-refractivity contribution in [2.45, 2.75) is 26.4 Å². The maximum absolute atomic E-state index is 14.1. The number of carboxylic acids is 1. The van der Waals surface area contributed by atoms with Gasteiger partial charge in [-0.15, -0.1) is 11.3 Å². The summed E-state index contributed by atoms with van der Waals surface area (Å²) in [6.07, 6.45) is -4.17. The van der Waals surface area contributed by atoms with Crippen molar-refractivity contribution in [3.05, 3.63) is 75.0 Å². The van der Waals surface area contributed by atoms with Crippen LogP contribution in [0.5, 0.6) is 5.75 Å². The first-order valence-corrected chi connectivity index (χ1v) is 15.5. The number of halogens is 4. The number of rotatable bonds is 7. The average Bonchev–Trinajstić information content (AvgIpc) is 3.41. The molecule has 2 aromatic carbocycles. The number of anilines is 1. The van der Waals surface area contributed by atoms with Gasteiger partial charge in [0.2, 0.25) is 0 Å². The second kappa shape index (κ2) is 12.1. The predicted molar refractivity (Wildman–Crippen MR) is 170 cm³/mol. The third-order valence-corrected chi connectivity index (χ3v) is 9.15. The van der Waals surface area contributed by atoms with E-state index in [-0.39, 0.29) is 23.4 Å². The number of alkyl halides is 3. The van der Waals surface area contributed by atoms with Crippen LogP contribution < -0.4 is 9.64 Å². The number of aryl methyl sites for hydroxylation is 2. The molecule has 4 heterocycles. The number of carboxylic acid groups (broad SMARTS) is 1. The minimum Gasteiger partial charge on any atom is -0.493 e. The summed E-state index contributed by atoms with van der Waals surface area (Å²) < 4.78 is 49.2. The summed E-state index contributed by atoms with van der Waals surface area (Å²) in [5.74, 6) is -0.514. The van der Waals surface area contributed by atoms with Crippen molar-refractivity contribution in [1.29, 1.82) is 0 Å². The molecule has 1 fully saturated rings. The lowest BCUT2D eigenvalue weighted by atomic mass is 10.0. The molecule has 1 aliphatic rings. The first-order valence-electron chi connectivity index (χ1n) is 14.3. The Morgan fingerprint density at radius 3 is 2.47 bits per heavy atom. The van der Waals surface area contributed by atoms with Crippen molar-refractivity contribution in [3.8, 4) is 16.9 Å². The van der Waals surface area contributed by atoms with Crippen LogP contribution in [0.4, 0.5) is 18.9 Å². The lowest BCUT2D eigenvalue weighted by molar-refractivity contribution is -0.137. The van der Waals surface area contributed by atoms with Gasteiger partial charge in [-0.05, 0) is 57.3 Å². The zero-order valence-corrected chi connectivity index (χ0v) is 26.3. The minimum atomic E-state index is -4.53. The summed E-state index contributed by atoms with van der Waals surface area (Å²) >= 11 is 7.67. The molecule has 13 heteroatoms. The van der Waals surface area contributed by atoms with Gasteiger partial charge in [0.25, 0.3) is 0 Å². The molecule has 8 nitrogen and oxygen atoms in total. The van der Waals surface area contributed by atoms with Gasteiger partial charge in [-0.3, -0.25) is 4.98 Å². The molecule has 0 atom stereocenters. The van der Waals surface area contributed by atoms with E-state index in [0.717, 1.165) is 11.6 Å². The molecule has 0 aliphatic carbocycles. The van der Waals surface area contributed by atoms with Crippen molar-refractivity contribution < 1.29 is 27.8 Å². The number of aromatic nitrogens is 3. The molecule has 0 spiro atoms. The SMILES string of the molecule is Cc1cc(-c2cc(Cl)ccc2OCCc2nc3cc(N4CCN(C)CC4)c(C(F)(F)F)cc3nc2C)c2scc(C(=O)O)c2n1. The summed E-state index contributed by atoms with van der Waals surface area (Å²) in [7, 11) is 1.95. The summed E-state index contributed by atoms with van der Waals surface area (Å²) in [6.45, 7) is 6.04. The topological polar surface area (TPSA) is 91.7 Å². The summed E-state index contributed by atoms with van der Waals surface area (Å²) in [6, 6.07) is 9.70. The molecule has 0 unspecified atom stereocenters. The number of carbonyl (C=O) groups is 1. The van der Waals surface area contributed by atoms with Crippen LogP contribution in [0.25, 0.3) is 32.4 Å². The fourth-order valence-corrected chi connectivity index (χ4v) is 6.76. The quantitative estimate of drug-likeness (QED) is 0.196. The van der Waals surface area contributed by atoms with Crippen LogP contribution in [0.3, 0.4) is 0 Å². The Morgan fingerprint density at radius 2 is 1.76 bits per heavy atom. The molecule has 234 valence electrons. The molecule has 45 heavy (non-hydrogen) atoms. The van der Waals surface area contributed by atoms with Crippen LogP contribution in [0, 0.1) is 13.8 Å². The van der Waals surface area contributed by atoms with Crippen LogP contribution in [0.2, 0.25) is 5.02 Å². The number of ether oxygens (including phenoxy) is 1. The number of piperazine rings is 1. The third kappa shape index (κ3) is 6.27. The van der Waals surface area contributed by atoms with Crippen molar-refractivity contribution in [2.75, 3.05) is 44.7 Å². The van der Waals surface area contributed by atoms with Gasteiger partial charge in [-0.2, -0.15) is 13.2 Å². The highest BCUT2D eigenvalue weighted by atomic mass is 35.5. The van der Waals surface area contributed by atoms with Crippen molar-refractivity contribution in [2.24, 2.45) is 0 Å². The zero-order valence-electron chi connectivity index (χ0n) is 24.7. The van der Waals surface area contributed by atoms with E-state index in [2.05, 4.69) is 14.9 Å². The first-order chi connectivity index (χ1) is 21.4. The number of hydrogen-bond donors (Lipinski definition) is 1. The number of nitrogens with zero attached hydrogens (tertiary/aromatic N) is 5. The van der Waals surface area contributed by atoms with Gasteiger partial charge in [0, 0.05) is 59.8 Å². The second-order valence-corrected chi connectivity index (χ2v) is 12.4. The molecule has 5 aromatic rings. The Hall–Kier alpha value is -4.00. The van der Waals surface area contributed by atoms with Gasteiger partial charge in [-0.25, -0.2) is 14.8 Å². The van der Waals surface area contributed by atoms with Gasteiger partial charge in [0.15, 0.2) is 0 Å². The molecule has 6 rings (SSSR count). The number of pyridine rings is 1. The van der Waals surface area contributed by atoms with Gasteiger partial charge in [0.1, 0.15) is 5.75 Å². The maximum Gasteiger partial charge on any atom is 0.418 e. The molecular weight excluding hydrogens is 627 g/mol. The summed E-state index contributed by atoms with van der Waals surface area (Å²) in [4.78, 5) is 29.3. The number of benzene rings is 2. The van der Waals surface area contributed by atoms with E-state index in [4.69, 9.17) is 21.3 Å². The van der Waals surface area contributed by atoms with Crippen molar-refractivity contribution >= 4 is 55.8 Å². The molecular formula is C32H29ClF3N5O3S. The highest BCUT2D eigenvalue weighted by Gasteiger charge is 2.36. The van der Waals surface area contributed by atoms with Crippen LogP contribution >= 0.6 is 22.9 Å². The molecule has 1 aliphatic heterocycles. The molecule has 3 aromatic heterocycles. The Bertz CT molecular complexity index is 1940. The Kier molecular flexibility index (Phi) is 8.31. The van der Waals surface area contributed by atoms with Crippen LogP contribution in [-0.4, -0.2) is 70.8 Å². The number of aromatic carboxylic acids is 1. The Labute approximate surface area is 266 Å². The van der Waals surface area contributed by atoms with E-state index in [0.29, 0.717) is 81.8 Å². The normalized spacial score (nSPS) is 14.4. The highest BCUT2D eigenvalue weighted by molar-refractivity contribution is 7.18. The van der Waals surface area contributed by atoms with E-state index in [1.54, 1.807) is 42.3 Å². The van der Waals surface area contributed by atoms with Gasteiger partial charge < -0.3 is 19.6 Å². The average molecular weight is 656 g/mol. The molecule has 0 radical (unpaired) electrons. The van der Waals surface area contributed by atoms with Crippen molar-refractivity contribution in [3.63, 3.8) is 0 Å². The van der Waals surface area contributed by atoms with Crippen LogP contribution in [0.15, 0.2) is 41.8 Å². The van der Waals surface area contributed by atoms with E-state index in [1.165, 1.54) is 17.4 Å². The van der Waals surface area contributed by atoms with E-state index in [1.807, 2.05) is 13.1 Å². The maximum atomic E-state index is 14.1. The molecule has 0 bridgehead atoms. The monoisotopic (exact) mass is 655 g/mol. The van der Waals surface area contributed by atoms with Crippen LogP contribution in [-0.2, 0) is 12.6 Å². The third-order valence-electron chi connectivity index (χ3n) is 7.91. The first kappa shape index (κ1) is 31.0. The van der Waals surface area contributed by atoms with Crippen molar-refractivity contribution in [1.82, 2.24) is 19.9 Å². The second-order valence-electron chi connectivity index (χ2n) is 11.1. The molecule has 0 amide bonds. The lowest BCUT2D eigenvalue weighted by Crippen LogP contribution is -2.45. The smallest absolute Gasteiger partial charge is 0.418 e. The zero-order chi connectivity index (χ0) is 32.0. The fraction of sp³-hybridized carbons (Fsp3) is 0.312. The standard InChI is InChI=1S/C32H29ClF3N5O3S/c1-17-12-21(30-29(37-17)22(16-45-30)31(42)43)20-13-19(33)4-5-28(20)44-11-6-24-18(2)38-25-14-23(32(34,35)36)27(15-26(25)39-24)41-9-7-40(3)8-10-41/h4-5,12-16H,6-11H2,1-3H3,(H,42,43). The number of likely N-dealkylation sites (N-methyl/N-ethyl adjacent to an activating group) is 1. The van der Waals surface area contributed by atoms with E-state index >= 15 is 0 Å². The van der Waals surface area contributed by atoms with Gasteiger partial charge >= 0.3 is 12.1 Å². The van der Waals surface area contributed by atoms with Gasteiger partial charge in [0.05, 0.1) is 56.1 Å².